The number of amides is 1. The maximum absolute atomic E-state index is 13.4. The molecule has 28 heavy (non-hydrogen) atoms. The van der Waals surface area contributed by atoms with Gasteiger partial charge >= 0.3 is 0 Å². The molecule has 0 radical (unpaired) electrons. The fourth-order valence-corrected chi connectivity index (χ4v) is 3.27. The van der Waals surface area contributed by atoms with Crippen molar-refractivity contribution < 1.29 is 13.6 Å². The van der Waals surface area contributed by atoms with Crippen LogP contribution in [0.2, 0.25) is 0 Å². The van der Waals surface area contributed by atoms with Crippen molar-refractivity contribution in [1.82, 2.24) is 9.88 Å². The van der Waals surface area contributed by atoms with Gasteiger partial charge < -0.3 is 9.88 Å². The van der Waals surface area contributed by atoms with Gasteiger partial charge in [0.15, 0.2) is 11.6 Å². The van der Waals surface area contributed by atoms with Gasteiger partial charge in [-0.2, -0.15) is 0 Å². The first kappa shape index (κ1) is 17.9. The maximum Gasteiger partial charge on any atom is 0.253 e. The zero-order chi connectivity index (χ0) is 19.5. The normalized spacial score (nSPS) is 10.9. The van der Waals surface area contributed by atoms with Gasteiger partial charge in [-0.1, -0.05) is 54.6 Å². The third-order valence-electron chi connectivity index (χ3n) is 4.67. The number of hydrogen-bond acceptors (Lipinski definition) is 1. The number of carbonyl (C=O) groups is 1. The van der Waals surface area contributed by atoms with Crippen LogP contribution in [0.1, 0.15) is 21.5 Å². The Morgan fingerprint density at radius 3 is 2.39 bits per heavy atom. The molecule has 0 aliphatic carbocycles. The fourth-order valence-electron chi connectivity index (χ4n) is 3.27. The first-order valence-electron chi connectivity index (χ1n) is 8.96. The van der Waals surface area contributed by atoms with Crippen LogP contribution in [-0.2, 0) is 13.1 Å². The lowest BCUT2D eigenvalue weighted by Crippen LogP contribution is -2.22. The summed E-state index contributed by atoms with van der Waals surface area (Å²) in [6.07, 6.45) is 1.83. The first-order valence-corrected chi connectivity index (χ1v) is 8.96. The van der Waals surface area contributed by atoms with Crippen molar-refractivity contribution in [3.8, 4) is 0 Å². The summed E-state index contributed by atoms with van der Waals surface area (Å²) >= 11 is 0. The van der Waals surface area contributed by atoms with E-state index >= 15 is 0 Å². The second-order valence-corrected chi connectivity index (χ2v) is 6.60. The fraction of sp³-hybridized carbons (Fsp3) is 0.0870. The molecule has 1 N–H and O–H groups in total. The quantitative estimate of drug-likeness (QED) is 0.528. The van der Waals surface area contributed by atoms with E-state index in [9.17, 15) is 13.6 Å². The molecule has 0 saturated heterocycles. The molecule has 0 aliphatic rings. The molecule has 140 valence electrons. The molecule has 1 heterocycles. The Kier molecular flexibility index (Phi) is 4.89. The molecule has 1 amide bonds. The minimum atomic E-state index is -0.925. The smallest absolute Gasteiger partial charge is 0.253 e. The Morgan fingerprint density at radius 1 is 0.857 bits per heavy atom. The number of rotatable bonds is 5. The molecular weight excluding hydrogens is 358 g/mol. The highest BCUT2D eigenvalue weighted by molar-refractivity contribution is 6.07. The molecule has 0 atom stereocenters. The summed E-state index contributed by atoms with van der Waals surface area (Å²) in [5.41, 5.74) is 3.15. The highest BCUT2D eigenvalue weighted by Gasteiger charge is 2.15. The molecule has 3 aromatic carbocycles. The van der Waals surface area contributed by atoms with Crippen molar-refractivity contribution >= 4 is 16.8 Å². The van der Waals surface area contributed by atoms with E-state index in [1.807, 2.05) is 65.4 Å². The van der Waals surface area contributed by atoms with Crippen molar-refractivity contribution in [3.63, 3.8) is 0 Å². The topological polar surface area (TPSA) is 34.0 Å². The highest BCUT2D eigenvalue weighted by Crippen LogP contribution is 2.22. The third kappa shape index (κ3) is 3.64. The minimum Gasteiger partial charge on any atom is -0.348 e. The van der Waals surface area contributed by atoms with Gasteiger partial charge in [-0.05, 0) is 29.3 Å². The van der Waals surface area contributed by atoms with E-state index in [0.29, 0.717) is 17.7 Å². The van der Waals surface area contributed by atoms with E-state index in [0.717, 1.165) is 28.6 Å². The molecule has 0 unspecified atom stereocenters. The van der Waals surface area contributed by atoms with Gasteiger partial charge in [0.05, 0.1) is 5.56 Å². The number of aromatic nitrogens is 1. The van der Waals surface area contributed by atoms with Gasteiger partial charge in [0, 0.05) is 30.2 Å². The lowest BCUT2D eigenvalue weighted by Gasteiger charge is -2.05. The monoisotopic (exact) mass is 376 g/mol. The number of nitrogens with zero attached hydrogens (tertiary/aromatic N) is 1. The van der Waals surface area contributed by atoms with Crippen LogP contribution in [0.25, 0.3) is 10.9 Å². The number of benzene rings is 3. The summed E-state index contributed by atoms with van der Waals surface area (Å²) in [4.78, 5) is 12.8. The zero-order valence-electron chi connectivity index (χ0n) is 15.0. The standard InChI is InChI=1S/C23H18F2N2O/c24-20-11-10-17(12-21(20)25)13-26-23(28)19-15-27(14-16-6-2-1-3-7-16)22-9-5-4-8-18(19)22/h1-12,15H,13-14H2,(H,26,28). The number of hydrogen-bond donors (Lipinski definition) is 1. The molecule has 0 bridgehead atoms. The lowest BCUT2D eigenvalue weighted by molar-refractivity contribution is 0.0952. The van der Waals surface area contributed by atoms with Gasteiger partial charge in [0.2, 0.25) is 0 Å². The zero-order valence-corrected chi connectivity index (χ0v) is 15.0. The van der Waals surface area contributed by atoms with Gasteiger partial charge in [-0.3, -0.25) is 4.79 Å². The van der Waals surface area contributed by atoms with Crippen LogP contribution in [0.3, 0.4) is 0 Å². The van der Waals surface area contributed by atoms with Crippen molar-refractivity contribution in [2.24, 2.45) is 0 Å². The van der Waals surface area contributed by atoms with Crippen LogP contribution in [0.5, 0.6) is 0 Å². The lowest BCUT2D eigenvalue weighted by atomic mass is 10.1. The second kappa shape index (κ2) is 7.64. The Hall–Kier alpha value is -3.47. The summed E-state index contributed by atoms with van der Waals surface area (Å²) in [7, 11) is 0. The van der Waals surface area contributed by atoms with Gasteiger partial charge in [0.1, 0.15) is 0 Å². The van der Waals surface area contributed by atoms with Gasteiger partial charge in [-0.25, -0.2) is 8.78 Å². The molecule has 4 aromatic rings. The Morgan fingerprint density at radius 2 is 1.61 bits per heavy atom. The molecule has 1 aromatic heterocycles. The number of carbonyl (C=O) groups excluding carboxylic acids is 1. The van der Waals surface area contributed by atoms with Crippen LogP contribution in [0, 0.1) is 11.6 Å². The molecule has 4 rings (SSSR count). The predicted molar refractivity (Wildman–Crippen MR) is 105 cm³/mol. The number of halogens is 2. The Balaban J connectivity index is 1.59. The second-order valence-electron chi connectivity index (χ2n) is 6.60. The average Bonchev–Trinajstić information content (AvgIpc) is 3.08. The molecular formula is C23H18F2N2O. The van der Waals surface area contributed by atoms with Crippen molar-refractivity contribution in [2.75, 3.05) is 0 Å². The first-order chi connectivity index (χ1) is 13.6. The Bertz CT molecular complexity index is 1140. The molecule has 0 fully saturated rings. The number of para-hydroxylation sites is 1. The maximum atomic E-state index is 13.4. The molecule has 5 heteroatoms. The van der Waals surface area contributed by atoms with Crippen LogP contribution in [-0.4, -0.2) is 10.5 Å². The van der Waals surface area contributed by atoms with Crippen LogP contribution >= 0.6 is 0 Å². The van der Waals surface area contributed by atoms with Crippen molar-refractivity contribution in [3.05, 3.63) is 107 Å². The number of nitrogens with one attached hydrogen (secondary N) is 1. The molecule has 0 aliphatic heterocycles. The van der Waals surface area contributed by atoms with Crippen molar-refractivity contribution in [2.45, 2.75) is 13.1 Å². The van der Waals surface area contributed by atoms with E-state index in [2.05, 4.69) is 5.32 Å². The van der Waals surface area contributed by atoms with Gasteiger partial charge in [0.25, 0.3) is 5.91 Å². The molecule has 0 saturated carbocycles. The van der Waals surface area contributed by atoms with E-state index in [4.69, 9.17) is 0 Å². The average molecular weight is 376 g/mol. The third-order valence-corrected chi connectivity index (χ3v) is 4.67. The molecule has 0 spiro atoms. The van der Waals surface area contributed by atoms with Crippen LogP contribution < -0.4 is 5.32 Å². The number of fused-ring (bicyclic) bond motifs is 1. The van der Waals surface area contributed by atoms with Crippen molar-refractivity contribution in [1.29, 1.82) is 0 Å². The summed E-state index contributed by atoms with van der Waals surface area (Å²) in [6, 6.07) is 21.3. The van der Waals surface area contributed by atoms with Crippen LogP contribution in [0.15, 0.2) is 79.0 Å². The molecule has 3 nitrogen and oxygen atoms in total. The minimum absolute atomic E-state index is 0.119. The largest absolute Gasteiger partial charge is 0.348 e. The van der Waals surface area contributed by atoms with Gasteiger partial charge in [-0.15, -0.1) is 0 Å². The SMILES string of the molecule is O=C(NCc1ccc(F)c(F)c1)c1cn(Cc2ccccc2)c2ccccc12. The summed E-state index contributed by atoms with van der Waals surface area (Å²) in [5.74, 6) is -2.09. The predicted octanol–water partition coefficient (Wildman–Crippen LogP) is 4.90. The van der Waals surface area contributed by atoms with E-state index < -0.39 is 11.6 Å². The summed E-state index contributed by atoms with van der Waals surface area (Å²) < 4.78 is 28.4. The summed E-state index contributed by atoms with van der Waals surface area (Å²) in [5, 5.41) is 3.64. The summed E-state index contributed by atoms with van der Waals surface area (Å²) in [6.45, 7) is 0.770. The Labute approximate surface area is 161 Å². The highest BCUT2D eigenvalue weighted by atomic mass is 19.2. The van der Waals surface area contributed by atoms with E-state index in [1.54, 1.807) is 0 Å². The van der Waals surface area contributed by atoms with E-state index in [1.165, 1.54) is 6.07 Å². The van der Waals surface area contributed by atoms with Crippen LogP contribution in [0.4, 0.5) is 8.78 Å². The van der Waals surface area contributed by atoms with E-state index in [-0.39, 0.29) is 12.5 Å².